The standard InChI is InChI=1S/C13H17FN2O/c1-3-15-11(8-10(2)17)9-16-13-7-5-4-6-12(13)14/h4-8,15-16H,3,9H2,1-2H3/b11-8-. The second-order valence-electron chi connectivity index (χ2n) is 3.64. The number of halogens is 1. The van der Waals surface area contributed by atoms with Gasteiger partial charge in [0.1, 0.15) is 5.82 Å². The van der Waals surface area contributed by atoms with E-state index in [0.717, 1.165) is 12.2 Å². The van der Waals surface area contributed by atoms with E-state index in [4.69, 9.17) is 0 Å². The highest BCUT2D eigenvalue weighted by atomic mass is 19.1. The molecule has 0 aliphatic rings. The van der Waals surface area contributed by atoms with Crippen LogP contribution in [-0.4, -0.2) is 18.9 Å². The molecule has 0 heterocycles. The molecule has 0 atom stereocenters. The van der Waals surface area contributed by atoms with Gasteiger partial charge in [-0.1, -0.05) is 12.1 Å². The number of likely N-dealkylation sites (N-methyl/N-ethyl adjacent to an activating group) is 1. The van der Waals surface area contributed by atoms with Gasteiger partial charge in [-0.2, -0.15) is 0 Å². The molecular weight excluding hydrogens is 219 g/mol. The lowest BCUT2D eigenvalue weighted by molar-refractivity contribution is -0.112. The molecule has 0 radical (unpaired) electrons. The normalized spacial score (nSPS) is 11.1. The maximum atomic E-state index is 13.3. The molecule has 4 heteroatoms. The second-order valence-corrected chi connectivity index (χ2v) is 3.64. The number of para-hydroxylation sites is 1. The number of rotatable bonds is 6. The molecule has 1 aromatic rings. The zero-order valence-corrected chi connectivity index (χ0v) is 10.1. The van der Waals surface area contributed by atoms with E-state index >= 15 is 0 Å². The Kier molecular flexibility index (Phi) is 5.20. The van der Waals surface area contributed by atoms with Crippen LogP contribution in [0.1, 0.15) is 13.8 Å². The molecule has 0 saturated heterocycles. The van der Waals surface area contributed by atoms with Crippen LogP contribution >= 0.6 is 0 Å². The van der Waals surface area contributed by atoms with Crippen molar-refractivity contribution in [2.24, 2.45) is 0 Å². The van der Waals surface area contributed by atoms with E-state index in [-0.39, 0.29) is 11.6 Å². The zero-order valence-electron chi connectivity index (χ0n) is 10.1. The predicted molar refractivity (Wildman–Crippen MR) is 67.3 cm³/mol. The molecule has 0 bridgehead atoms. The van der Waals surface area contributed by atoms with Gasteiger partial charge in [-0.3, -0.25) is 4.79 Å². The van der Waals surface area contributed by atoms with Crippen LogP contribution in [0.4, 0.5) is 10.1 Å². The third-order valence-electron chi connectivity index (χ3n) is 2.12. The summed E-state index contributed by atoms with van der Waals surface area (Å²) in [6.07, 6.45) is 1.51. The highest BCUT2D eigenvalue weighted by Crippen LogP contribution is 2.12. The third-order valence-corrected chi connectivity index (χ3v) is 2.12. The van der Waals surface area contributed by atoms with Gasteiger partial charge >= 0.3 is 0 Å². The Balaban J connectivity index is 2.64. The number of carbonyl (C=O) groups excluding carboxylic acids is 1. The van der Waals surface area contributed by atoms with Gasteiger partial charge in [0, 0.05) is 18.3 Å². The fourth-order valence-electron chi connectivity index (χ4n) is 1.43. The Bertz CT molecular complexity index is 416. The van der Waals surface area contributed by atoms with Crippen molar-refractivity contribution in [3.8, 4) is 0 Å². The molecule has 17 heavy (non-hydrogen) atoms. The fraction of sp³-hybridized carbons (Fsp3) is 0.308. The summed E-state index contributed by atoms with van der Waals surface area (Å²) in [5.74, 6) is -0.331. The number of ketones is 1. The van der Waals surface area contributed by atoms with E-state index in [2.05, 4.69) is 10.6 Å². The molecule has 0 unspecified atom stereocenters. The molecule has 1 rings (SSSR count). The second kappa shape index (κ2) is 6.68. The zero-order chi connectivity index (χ0) is 12.7. The van der Waals surface area contributed by atoms with Crippen molar-refractivity contribution in [1.82, 2.24) is 5.32 Å². The average molecular weight is 236 g/mol. The summed E-state index contributed by atoms with van der Waals surface area (Å²) in [6, 6.07) is 6.45. The molecule has 3 nitrogen and oxygen atoms in total. The Morgan fingerprint density at radius 2 is 2.12 bits per heavy atom. The van der Waals surface area contributed by atoms with Crippen LogP contribution < -0.4 is 10.6 Å². The largest absolute Gasteiger partial charge is 0.387 e. The molecular formula is C13H17FN2O. The first-order valence-electron chi connectivity index (χ1n) is 5.57. The first-order chi connectivity index (χ1) is 8.13. The average Bonchev–Trinajstić information content (AvgIpc) is 2.27. The van der Waals surface area contributed by atoms with Crippen LogP contribution in [0.5, 0.6) is 0 Å². The summed E-state index contributed by atoms with van der Waals surface area (Å²) in [6.45, 7) is 4.55. The van der Waals surface area contributed by atoms with E-state index in [0.29, 0.717) is 12.2 Å². The molecule has 0 aromatic heterocycles. The van der Waals surface area contributed by atoms with Gasteiger partial charge in [0.25, 0.3) is 0 Å². The number of carbonyl (C=O) groups is 1. The Labute approximate surface area is 101 Å². The van der Waals surface area contributed by atoms with Crippen LogP contribution in [0.25, 0.3) is 0 Å². The van der Waals surface area contributed by atoms with E-state index in [1.807, 2.05) is 6.92 Å². The Morgan fingerprint density at radius 1 is 1.41 bits per heavy atom. The highest BCUT2D eigenvalue weighted by molar-refractivity contribution is 5.88. The first kappa shape index (κ1) is 13.2. The quantitative estimate of drug-likeness (QED) is 0.745. The first-order valence-corrected chi connectivity index (χ1v) is 5.57. The van der Waals surface area contributed by atoms with Crippen LogP contribution in [0, 0.1) is 5.82 Å². The van der Waals surface area contributed by atoms with Gasteiger partial charge in [0.2, 0.25) is 0 Å². The van der Waals surface area contributed by atoms with Crippen molar-refractivity contribution in [1.29, 1.82) is 0 Å². The van der Waals surface area contributed by atoms with Gasteiger partial charge in [0.05, 0.1) is 12.2 Å². The number of hydrogen-bond donors (Lipinski definition) is 2. The predicted octanol–water partition coefficient (Wildman–Crippen LogP) is 2.32. The number of anilines is 1. The molecule has 92 valence electrons. The molecule has 2 N–H and O–H groups in total. The minimum Gasteiger partial charge on any atom is -0.387 e. The summed E-state index contributed by atoms with van der Waals surface area (Å²) in [4.78, 5) is 11.0. The van der Waals surface area contributed by atoms with Gasteiger partial charge in [-0.25, -0.2) is 4.39 Å². The van der Waals surface area contributed by atoms with E-state index < -0.39 is 0 Å². The molecule has 0 amide bonds. The maximum Gasteiger partial charge on any atom is 0.154 e. The minimum atomic E-state index is -0.300. The smallest absolute Gasteiger partial charge is 0.154 e. The van der Waals surface area contributed by atoms with Crippen molar-refractivity contribution in [3.05, 3.63) is 41.9 Å². The summed E-state index contributed by atoms with van der Waals surface area (Å²) < 4.78 is 13.3. The number of benzene rings is 1. The van der Waals surface area contributed by atoms with Crippen LogP contribution in [0.15, 0.2) is 36.0 Å². The fourth-order valence-corrected chi connectivity index (χ4v) is 1.43. The topological polar surface area (TPSA) is 41.1 Å². The van der Waals surface area contributed by atoms with Crippen LogP contribution in [0.3, 0.4) is 0 Å². The monoisotopic (exact) mass is 236 g/mol. The molecule has 0 fully saturated rings. The maximum absolute atomic E-state index is 13.3. The van der Waals surface area contributed by atoms with Gasteiger partial charge in [-0.15, -0.1) is 0 Å². The van der Waals surface area contributed by atoms with Crippen molar-refractivity contribution >= 4 is 11.5 Å². The molecule has 0 aliphatic carbocycles. The molecule has 0 aliphatic heterocycles. The molecule has 0 spiro atoms. The Hall–Kier alpha value is -1.84. The lowest BCUT2D eigenvalue weighted by Gasteiger charge is -2.11. The molecule has 0 saturated carbocycles. The van der Waals surface area contributed by atoms with Crippen molar-refractivity contribution in [2.75, 3.05) is 18.4 Å². The van der Waals surface area contributed by atoms with Crippen molar-refractivity contribution < 1.29 is 9.18 Å². The van der Waals surface area contributed by atoms with E-state index in [1.54, 1.807) is 18.2 Å². The van der Waals surface area contributed by atoms with Crippen molar-refractivity contribution in [2.45, 2.75) is 13.8 Å². The Morgan fingerprint density at radius 3 is 2.71 bits per heavy atom. The summed E-state index contributed by atoms with van der Waals surface area (Å²) in [5.41, 5.74) is 1.18. The summed E-state index contributed by atoms with van der Waals surface area (Å²) in [5, 5.41) is 6.00. The van der Waals surface area contributed by atoms with Gasteiger partial charge in [-0.05, 0) is 26.0 Å². The summed E-state index contributed by atoms with van der Waals surface area (Å²) in [7, 11) is 0. The van der Waals surface area contributed by atoms with Gasteiger partial charge < -0.3 is 10.6 Å². The third kappa shape index (κ3) is 4.68. The highest BCUT2D eigenvalue weighted by Gasteiger charge is 2.01. The van der Waals surface area contributed by atoms with E-state index in [9.17, 15) is 9.18 Å². The number of hydrogen-bond acceptors (Lipinski definition) is 3. The van der Waals surface area contributed by atoms with Crippen LogP contribution in [0.2, 0.25) is 0 Å². The minimum absolute atomic E-state index is 0.0312. The summed E-state index contributed by atoms with van der Waals surface area (Å²) >= 11 is 0. The number of nitrogens with one attached hydrogen (secondary N) is 2. The number of allylic oxidation sites excluding steroid dienone is 1. The van der Waals surface area contributed by atoms with Crippen molar-refractivity contribution in [3.63, 3.8) is 0 Å². The lowest BCUT2D eigenvalue weighted by Crippen LogP contribution is -2.20. The van der Waals surface area contributed by atoms with E-state index in [1.165, 1.54) is 19.1 Å². The van der Waals surface area contributed by atoms with Crippen LogP contribution in [-0.2, 0) is 4.79 Å². The van der Waals surface area contributed by atoms with Gasteiger partial charge in [0.15, 0.2) is 5.78 Å². The lowest BCUT2D eigenvalue weighted by atomic mass is 10.2. The SMILES string of the molecule is CCN/C(=C\C(C)=O)CNc1ccccc1F. The molecule has 1 aromatic carbocycles.